The fourth-order valence-corrected chi connectivity index (χ4v) is 2.77. The Morgan fingerprint density at radius 2 is 1.19 bits per heavy atom. The summed E-state index contributed by atoms with van der Waals surface area (Å²) >= 11 is 1.69. The highest BCUT2D eigenvalue weighted by Crippen LogP contribution is 2.08. The van der Waals surface area contributed by atoms with E-state index in [2.05, 4.69) is 67.2 Å². The zero-order valence-corrected chi connectivity index (χ0v) is 24.0. The molecule has 9 heteroatoms. The molecule has 0 aliphatic carbocycles. The third-order valence-corrected chi connectivity index (χ3v) is 6.39. The van der Waals surface area contributed by atoms with E-state index in [1.165, 1.54) is 27.3 Å². The van der Waals surface area contributed by atoms with Crippen molar-refractivity contribution < 1.29 is 0 Å². The maximum Gasteiger partial charge on any atom is 0.115 e. The number of aromatic nitrogens is 8. The van der Waals surface area contributed by atoms with Gasteiger partial charge in [-0.2, -0.15) is 10.2 Å². The maximum atomic E-state index is 4.03. The smallest absolute Gasteiger partial charge is 0.115 e. The molecule has 5 aromatic heterocycles. The van der Waals surface area contributed by atoms with Gasteiger partial charge in [0.2, 0.25) is 0 Å². The fraction of sp³-hybridized carbons (Fsp3) is 0.370. The minimum Gasteiger partial charge on any atom is -0.365 e. The molecule has 0 fully saturated rings. The summed E-state index contributed by atoms with van der Waals surface area (Å²) in [6.07, 6.45) is 8.94. The van der Waals surface area contributed by atoms with E-state index in [-0.39, 0.29) is 0 Å². The molecular formula is C27H40N8S. The number of nitrogens with zero attached hydrogens (tertiary/aromatic N) is 5. The molecule has 0 atom stereocenters. The Morgan fingerprint density at radius 3 is 1.36 bits per heavy atom. The number of thiazole rings is 1. The number of hydrogen-bond donors (Lipinski definition) is 3. The summed E-state index contributed by atoms with van der Waals surface area (Å²) in [6, 6.07) is 2.06. The van der Waals surface area contributed by atoms with Crippen LogP contribution < -0.4 is 0 Å². The molecule has 0 spiro atoms. The minimum absolute atomic E-state index is 1.06. The number of rotatable bonds is 0. The molecule has 0 amide bonds. The quantitative estimate of drug-likeness (QED) is 0.220. The highest BCUT2D eigenvalue weighted by atomic mass is 32.1. The van der Waals surface area contributed by atoms with Crippen molar-refractivity contribution in [2.45, 2.75) is 69.2 Å². The molecule has 0 aliphatic heterocycles. The SMILES string of the molecule is Cc1cc[nH]c1C.Cc1cn[nH]c1C.Cc1cn[nH]c1C.Cc1cncnc1C.Cc1ncsc1C. The summed E-state index contributed by atoms with van der Waals surface area (Å²) in [5.41, 5.74) is 12.6. The Bertz CT molecular complexity index is 1020. The molecule has 36 heavy (non-hydrogen) atoms. The normalized spacial score (nSPS) is 9.39. The summed E-state index contributed by atoms with van der Waals surface area (Å²) in [5, 5.41) is 13.2. The van der Waals surface area contributed by atoms with Crippen LogP contribution in [-0.4, -0.2) is 40.3 Å². The lowest BCUT2D eigenvalue weighted by atomic mass is 10.3. The van der Waals surface area contributed by atoms with Gasteiger partial charge in [0.25, 0.3) is 0 Å². The van der Waals surface area contributed by atoms with E-state index in [0.717, 1.165) is 28.3 Å². The van der Waals surface area contributed by atoms with E-state index in [9.17, 15) is 0 Å². The Morgan fingerprint density at radius 1 is 0.611 bits per heavy atom. The molecular weight excluding hydrogens is 468 g/mol. The van der Waals surface area contributed by atoms with Crippen LogP contribution in [0.2, 0.25) is 0 Å². The van der Waals surface area contributed by atoms with Crippen molar-refractivity contribution in [1.82, 2.24) is 40.3 Å². The average Bonchev–Trinajstić information content (AvgIpc) is 3.62. The Kier molecular flexibility index (Phi) is 13.7. The second-order valence-electron chi connectivity index (χ2n) is 8.43. The lowest BCUT2D eigenvalue weighted by Crippen LogP contribution is -1.85. The summed E-state index contributed by atoms with van der Waals surface area (Å²) in [4.78, 5) is 16.2. The molecule has 0 bridgehead atoms. The first kappa shape index (κ1) is 30.4. The van der Waals surface area contributed by atoms with Crippen molar-refractivity contribution in [3.05, 3.63) is 98.3 Å². The summed E-state index contributed by atoms with van der Waals surface area (Å²) < 4.78 is 0. The van der Waals surface area contributed by atoms with Gasteiger partial charge in [0.1, 0.15) is 6.33 Å². The second kappa shape index (κ2) is 16.1. The van der Waals surface area contributed by atoms with Crippen molar-refractivity contribution in [2.75, 3.05) is 0 Å². The van der Waals surface area contributed by atoms with Crippen molar-refractivity contribution in [1.29, 1.82) is 0 Å². The van der Waals surface area contributed by atoms with Crippen LogP contribution in [0.15, 0.2) is 42.7 Å². The summed E-state index contributed by atoms with van der Waals surface area (Å²) in [7, 11) is 0. The highest BCUT2D eigenvalue weighted by Gasteiger charge is 1.90. The van der Waals surface area contributed by atoms with E-state index in [1.807, 2.05) is 78.8 Å². The topological polar surface area (TPSA) is 112 Å². The van der Waals surface area contributed by atoms with Crippen LogP contribution in [-0.2, 0) is 0 Å². The molecule has 8 nitrogen and oxygen atoms in total. The van der Waals surface area contributed by atoms with E-state index >= 15 is 0 Å². The number of hydrogen-bond acceptors (Lipinski definition) is 6. The van der Waals surface area contributed by atoms with Crippen LogP contribution in [0.4, 0.5) is 0 Å². The Hall–Kier alpha value is -3.59. The fourth-order valence-electron chi connectivity index (χ4n) is 2.17. The van der Waals surface area contributed by atoms with Crippen molar-refractivity contribution >= 4 is 11.3 Å². The minimum atomic E-state index is 1.06. The van der Waals surface area contributed by atoms with Gasteiger partial charge in [-0.15, -0.1) is 11.3 Å². The predicted molar refractivity (Wildman–Crippen MR) is 149 cm³/mol. The monoisotopic (exact) mass is 508 g/mol. The molecule has 0 saturated heterocycles. The maximum absolute atomic E-state index is 4.03. The lowest BCUT2D eigenvalue weighted by molar-refractivity contribution is 1.04. The average molecular weight is 509 g/mol. The van der Waals surface area contributed by atoms with E-state index in [1.54, 1.807) is 17.7 Å². The van der Waals surface area contributed by atoms with Crippen LogP contribution in [0, 0.1) is 69.2 Å². The molecule has 0 unspecified atom stereocenters. The number of aryl methyl sites for hydroxylation is 10. The number of aromatic amines is 3. The Labute approximate surface area is 219 Å². The zero-order chi connectivity index (χ0) is 27.1. The molecule has 194 valence electrons. The van der Waals surface area contributed by atoms with Crippen LogP contribution in [0.25, 0.3) is 0 Å². The third kappa shape index (κ3) is 11.7. The van der Waals surface area contributed by atoms with Gasteiger partial charge in [0.15, 0.2) is 0 Å². The second-order valence-corrected chi connectivity index (χ2v) is 9.49. The third-order valence-electron chi connectivity index (χ3n) is 5.53. The van der Waals surface area contributed by atoms with Gasteiger partial charge >= 0.3 is 0 Å². The molecule has 0 aliphatic rings. The van der Waals surface area contributed by atoms with E-state index in [0.29, 0.717) is 0 Å². The summed E-state index contributed by atoms with van der Waals surface area (Å²) in [5.74, 6) is 0. The number of H-pyrrole nitrogens is 3. The first-order chi connectivity index (χ1) is 17.0. The summed E-state index contributed by atoms with van der Waals surface area (Å²) in [6.45, 7) is 20.3. The molecule has 5 heterocycles. The molecule has 5 rings (SSSR count). The van der Waals surface area contributed by atoms with Gasteiger partial charge in [-0.05, 0) is 97.6 Å². The van der Waals surface area contributed by atoms with Crippen LogP contribution in [0.1, 0.15) is 55.6 Å². The van der Waals surface area contributed by atoms with Gasteiger partial charge in [0, 0.05) is 40.0 Å². The van der Waals surface area contributed by atoms with Gasteiger partial charge in [0.05, 0.1) is 23.6 Å². The molecule has 3 N–H and O–H groups in total. The van der Waals surface area contributed by atoms with Gasteiger partial charge < -0.3 is 4.98 Å². The molecule has 0 saturated carbocycles. The molecule has 5 aromatic rings. The first-order valence-electron chi connectivity index (χ1n) is 11.7. The predicted octanol–water partition coefficient (Wildman–Crippen LogP) is 6.54. The molecule has 0 aromatic carbocycles. The largest absolute Gasteiger partial charge is 0.365 e. The van der Waals surface area contributed by atoms with Crippen LogP contribution >= 0.6 is 11.3 Å². The van der Waals surface area contributed by atoms with Crippen molar-refractivity contribution in [3.63, 3.8) is 0 Å². The van der Waals surface area contributed by atoms with Crippen molar-refractivity contribution in [3.8, 4) is 0 Å². The zero-order valence-electron chi connectivity index (χ0n) is 23.2. The van der Waals surface area contributed by atoms with E-state index in [4.69, 9.17) is 0 Å². The van der Waals surface area contributed by atoms with Gasteiger partial charge in [-0.3, -0.25) is 10.2 Å². The first-order valence-corrected chi connectivity index (χ1v) is 12.5. The van der Waals surface area contributed by atoms with Crippen LogP contribution in [0.5, 0.6) is 0 Å². The highest BCUT2D eigenvalue weighted by molar-refractivity contribution is 7.09. The number of nitrogens with one attached hydrogen (secondary N) is 3. The van der Waals surface area contributed by atoms with Gasteiger partial charge in [-0.1, -0.05) is 0 Å². The van der Waals surface area contributed by atoms with E-state index < -0.39 is 0 Å². The lowest BCUT2D eigenvalue weighted by Gasteiger charge is -1.91. The van der Waals surface area contributed by atoms with Gasteiger partial charge in [-0.25, -0.2) is 15.0 Å². The van der Waals surface area contributed by atoms with Crippen molar-refractivity contribution in [2.24, 2.45) is 0 Å². The molecule has 0 radical (unpaired) electrons. The Balaban J connectivity index is 0.000000225. The standard InChI is InChI=1S/C6H8N2.C6H9N.2C5H8N2.C5H7NS/c1-5-3-7-4-8-6(5)2;1-5-3-4-7-6(5)2;2*1-4-3-6-7-5(4)2;1-4-5(2)7-3-6-4/h3-4H,1-2H3;3-4,7H,1-2H3;2*3H,1-2H3,(H,6,7);3H,1-2H3. The van der Waals surface area contributed by atoms with Crippen LogP contribution in [0.3, 0.4) is 0 Å².